The summed E-state index contributed by atoms with van der Waals surface area (Å²) in [6.07, 6.45) is -1.64. The van der Waals surface area contributed by atoms with Crippen molar-refractivity contribution in [3.8, 4) is 0 Å². The van der Waals surface area contributed by atoms with E-state index in [-0.39, 0.29) is 6.61 Å². The summed E-state index contributed by atoms with van der Waals surface area (Å²) in [7, 11) is -8.70. The van der Waals surface area contributed by atoms with Crippen LogP contribution in [-0.4, -0.2) is 40.6 Å². The van der Waals surface area contributed by atoms with Gasteiger partial charge in [0.15, 0.2) is 6.10 Å². The molecule has 0 bridgehead atoms. The highest BCUT2D eigenvalue weighted by molar-refractivity contribution is 8.03. The highest BCUT2D eigenvalue weighted by Gasteiger charge is 2.37. The van der Waals surface area contributed by atoms with Gasteiger partial charge in [0.25, 0.3) is 20.2 Å². The van der Waals surface area contributed by atoms with Gasteiger partial charge in [-0.2, -0.15) is 16.8 Å². The summed E-state index contributed by atoms with van der Waals surface area (Å²) in [6.45, 7) is -0.832. The third-order valence-electron chi connectivity index (χ3n) is 2.44. The van der Waals surface area contributed by atoms with Crippen molar-refractivity contribution in [3.63, 3.8) is 0 Å². The van der Waals surface area contributed by atoms with E-state index in [1.165, 1.54) is 0 Å². The SMILES string of the molecule is O=C(OCc1ccccc1)C1COS(=O)(=O)CS(=O)(=O)O1. The zero-order chi connectivity index (χ0) is 15.5. The Balaban J connectivity index is 2.02. The first-order chi connectivity index (χ1) is 9.77. The fourth-order valence-corrected chi connectivity index (χ4v) is 4.27. The Morgan fingerprint density at radius 3 is 2.48 bits per heavy atom. The second-order valence-electron chi connectivity index (χ2n) is 4.20. The van der Waals surface area contributed by atoms with E-state index in [1.807, 2.05) is 0 Å². The van der Waals surface area contributed by atoms with Crippen LogP contribution in [0.5, 0.6) is 0 Å². The lowest BCUT2D eigenvalue weighted by Gasteiger charge is -2.12. The molecule has 8 nitrogen and oxygen atoms in total. The monoisotopic (exact) mass is 336 g/mol. The van der Waals surface area contributed by atoms with Gasteiger partial charge in [0.1, 0.15) is 13.2 Å². The smallest absolute Gasteiger partial charge is 0.339 e. The maximum Gasteiger partial charge on any atom is 0.339 e. The summed E-state index contributed by atoms with van der Waals surface area (Å²) in [4.78, 5) is 11.7. The van der Waals surface area contributed by atoms with Gasteiger partial charge >= 0.3 is 5.97 Å². The van der Waals surface area contributed by atoms with Crippen molar-refractivity contribution in [2.75, 3.05) is 11.7 Å². The van der Waals surface area contributed by atoms with Gasteiger partial charge in [-0.25, -0.2) is 4.79 Å². The van der Waals surface area contributed by atoms with Crippen LogP contribution in [0.15, 0.2) is 30.3 Å². The molecule has 116 valence electrons. The van der Waals surface area contributed by atoms with Gasteiger partial charge < -0.3 is 4.74 Å². The number of carbonyl (C=O) groups excluding carboxylic acids is 1. The Morgan fingerprint density at radius 2 is 1.81 bits per heavy atom. The molecule has 1 aliphatic rings. The van der Waals surface area contributed by atoms with Crippen LogP contribution in [0.2, 0.25) is 0 Å². The van der Waals surface area contributed by atoms with E-state index in [1.54, 1.807) is 30.3 Å². The molecule has 21 heavy (non-hydrogen) atoms. The zero-order valence-corrected chi connectivity index (χ0v) is 12.3. The topological polar surface area (TPSA) is 113 Å². The second-order valence-corrected chi connectivity index (χ2v) is 7.80. The van der Waals surface area contributed by atoms with Gasteiger partial charge in [-0.3, -0.25) is 8.37 Å². The van der Waals surface area contributed by atoms with Crippen LogP contribution in [0.1, 0.15) is 5.56 Å². The highest BCUT2D eigenvalue weighted by atomic mass is 32.3. The second kappa shape index (κ2) is 6.10. The average Bonchev–Trinajstić information content (AvgIpc) is 2.51. The molecule has 0 saturated carbocycles. The molecule has 1 aromatic carbocycles. The number of esters is 1. The maximum atomic E-state index is 11.7. The standard InChI is InChI=1S/C11H12O8S2/c12-11(17-6-9-4-2-1-3-5-9)10-7-18-20(13,14)8-21(15,16)19-10/h1-5,10H,6-8H2. The van der Waals surface area contributed by atoms with Crippen molar-refractivity contribution >= 4 is 26.2 Å². The third kappa shape index (κ3) is 4.77. The quantitative estimate of drug-likeness (QED) is 0.549. The number of benzene rings is 1. The Kier molecular flexibility index (Phi) is 4.61. The molecule has 1 heterocycles. The molecule has 0 aromatic heterocycles. The molecular formula is C11H12O8S2. The number of ether oxygens (including phenoxy) is 1. The Labute approximate surface area is 121 Å². The molecule has 0 spiro atoms. The zero-order valence-electron chi connectivity index (χ0n) is 10.7. The van der Waals surface area contributed by atoms with E-state index in [0.29, 0.717) is 5.56 Å². The van der Waals surface area contributed by atoms with Gasteiger partial charge in [0.05, 0.1) is 0 Å². The molecule has 1 aromatic rings. The first-order valence-electron chi connectivity index (χ1n) is 5.76. The fraction of sp³-hybridized carbons (Fsp3) is 0.364. The molecule has 0 amide bonds. The summed E-state index contributed by atoms with van der Waals surface area (Å²) >= 11 is 0. The van der Waals surface area contributed by atoms with Crippen LogP contribution in [0.25, 0.3) is 0 Å². The number of rotatable bonds is 3. The van der Waals surface area contributed by atoms with E-state index >= 15 is 0 Å². The van der Waals surface area contributed by atoms with Crippen LogP contribution in [0, 0.1) is 0 Å². The molecule has 1 fully saturated rings. The fourth-order valence-electron chi connectivity index (χ4n) is 1.54. The lowest BCUT2D eigenvalue weighted by atomic mass is 10.2. The van der Waals surface area contributed by atoms with E-state index in [0.717, 1.165) is 0 Å². The number of hydrogen-bond donors (Lipinski definition) is 0. The van der Waals surface area contributed by atoms with Crippen molar-refractivity contribution < 1.29 is 34.7 Å². The largest absolute Gasteiger partial charge is 0.459 e. The van der Waals surface area contributed by atoms with E-state index in [9.17, 15) is 21.6 Å². The Bertz CT molecular complexity index is 708. The predicted octanol–water partition coefficient (Wildman–Crippen LogP) is -0.238. The summed E-state index contributed by atoms with van der Waals surface area (Å²) < 4.78 is 58.9. The average molecular weight is 336 g/mol. The molecule has 1 unspecified atom stereocenters. The van der Waals surface area contributed by atoms with E-state index < -0.39 is 44.0 Å². The third-order valence-corrected chi connectivity index (χ3v) is 5.77. The van der Waals surface area contributed by atoms with Crippen LogP contribution in [-0.2, 0) is 44.7 Å². The first-order valence-corrected chi connectivity index (χ1v) is 8.91. The minimum Gasteiger partial charge on any atom is -0.459 e. The molecule has 1 saturated heterocycles. The van der Waals surface area contributed by atoms with Crippen LogP contribution >= 0.6 is 0 Å². The Hall–Kier alpha value is -1.49. The van der Waals surface area contributed by atoms with Crippen molar-refractivity contribution in [2.45, 2.75) is 12.7 Å². The minimum atomic E-state index is -4.42. The Morgan fingerprint density at radius 1 is 1.14 bits per heavy atom. The van der Waals surface area contributed by atoms with E-state index in [4.69, 9.17) is 4.74 Å². The summed E-state index contributed by atoms with van der Waals surface area (Å²) in [5.41, 5.74) is 0.691. The lowest BCUT2D eigenvalue weighted by molar-refractivity contribution is -0.154. The van der Waals surface area contributed by atoms with Gasteiger partial charge in [0.2, 0.25) is 5.08 Å². The summed E-state index contributed by atoms with van der Waals surface area (Å²) in [6, 6.07) is 8.68. The number of hydrogen-bond acceptors (Lipinski definition) is 8. The normalized spacial score (nSPS) is 23.9. The van der Waals surface area contributed by atoms with Crippen LogP contribution in [0.3, 0.4) is 0 Å². The van der Waals surface area contributed by atoms with Gasteiger partial charge in [-0.15, -0.1) is 0 Å². The van der Waals surface area contributed by atoms with Gasteiger partial charge in [0, 0.05) is 0 Å². The van der Waals surface area contributed by atoms with Crippen molar-refractivity contribution in [2.24, 2.45) is 0 Å². The molecule has 0 radical (unpaired) electrons. The summed E-state index contributed by atoms with van der Waals surface area (Å²) in [5, 5.41) is -1.33. The molecule has 10 heteroatoms. The molecule has 1 aliphatic heterocycles. The van der Waals surface area contributed by atoms with E-state index in [2.05, 4.69) is 8.37 Å². The first kappa shape index (κ1) is 15.9. The molecule has 2 rings (SSSR count). The molecule has 0 N–H and O–H groups in total. The highest BCUT2D eigenvalue weighted by Crippen LogP contribution is 2.14. The van der Waals surface area contributed by atoms with Crippen molar-refractivity contribution in [1.82, 2.24) is 0 Å². The molecule has 1 atom stereocenters. The summed E-state index contributed by atoms with van der Waals surface area (Å²) in [5.74, 6) is -1.01. The predicted molar refractivity (Wildman–Crippen MR) is 69.8 cm³/mol. The van der Waals surface area contributed by atoms with Crippen LogP contribution < -0.4 is 0 Å². The van der Waals surface area contributed by atoms with Crippen molar-refractivity contribution in [3.05, 3.63) is 35.9 Å². The minimum absolute atomic E-state index is 0.0909. The number of carbonyl (C=O) groups is 1. The molecule has 0 aliphatic carbocycles. The van der Waals surface area contributed by atoms with Gasteiger partial charge in [-0.05, 0) is 5.56 Å². The molecular weight excluding hydrogens is 324 g/mol. The van der Waals surface area contributed by atoms with Crippen LogP contribution in [0.4, 0.5) is 0 Å². The maximum absolute atomic E-state index is 11.7. The van der Waals surface area contributed by atoms with Crippen molar-refractivity contribution in [1.29, 1.82) is 0 Å². The van der Waals surface area contributed by atoms with Gasteiger partial charge in [-0.1, -0.05) is 30.3 Å². The lowest BCUT2D eigenvalue weighted by Crippen LogP contribution is -2.31.